The molecule has 0 radical (unpaired) electrons. The highest BCUT2D eigenvalue weighted by molar-refractivity contribution is 8.00. The molecule has 1 aromatic heterocycles. The van der Waals surface area contributed by atoms with Crippen LogP contribution in [0.1, 0.15) is 53.9 Å². The van der Waals surface area contributed by atoms with Gasteiger partial charge in [0.2, 0.25) is 5.91 Å². The van der Waals surface area contributed by atoms with E-state index >= 15 is 0 Å². The normalized spacial score (nSPS) is 14.6. The van der Waals surface area contributed by atoms with Crippen molar-refractivity contribution >= 4 is 45.7 Å². The van der Waals surface area contributed by atoms with Crippen LogP contribution in [0.4, 0.5) is 10.7 Å². The maximum absolute atomic E-state index is 12.8. The van der Waals surface area contributed by atoms with Gasteiger partial charge in [0.05, 0.1) is 17.4 Å². The number of esters is 1. The molecule has 1 aliphatic rings. The molecule has 1 heterocycles. The number of carbonyl (C=O) groups is 2. The van der Waals surface area contributed by atoms with E-state index in [1.165, 1.54) is 34.4 Å². The van der Waals surface area contributed by atoms with Gasteiger partial charge in [-0.25, -0.2) is 4.79 Å². The Morgan fingerprint density at radius 2 is 1.93 bits per heavy atom. The average Bonchev–Trinajstić information content (AvgIpc) is 2.84. The van der Waals surface area contributed by atoms with Gasteiger partial charge in [-0.05, 0) is 69.4 Å². The minimum absolute atomic E-state index is 0.121. The predicted molar refractivity (Wildman–Crippen MR) is 116 cm³/mol. The number of rotatable bonds is 6. The van der Waals surface area contributed by atoms with Crippen molar-refractivity contribution in [1.29, 1.82) is 0 Å². The summed E-state index contributed by atoms with van der Waals surface area (Å²) in [5.74, 6) is -0.458. The van der Waals surface area contributed by atoms with Crippen LogP contribution < -0.4 is 11.1 Å². The molecule has 0 bridgehead atoms. The Hall–Kier alpha value is -1.99. The summed E-state index contributed by atoms with van der Waals surface area (Å²) in [6.07, 6.45) is 5.17. The molecule has 2 aromatic rings. The third kappa shape index (κ3) is 4.89. The topological polar surface area (TPSA) is 81.4 Å². The Morgan fingerprint density at radius 3 is 2.64 bits per heavy atom. The standard InChI is InChI=1S/C21H26N2O3S2/c1-3-26-21(25)18-16-7-5-4-6-8-17(16)28-20(18)23-19(24)13(2)27-15-11-9-14(22)10-12-15/h9-13H,3-8,22H2,1-2H3,(H,23,24). The molecule has 1 unspecified atom stereocenters. The van der Waals surface area contributed by atoms with Crippen LogP contribution in [-0.2, 0) is 22.4 Å². The van der Waals surface area contributed by atoms with Crippen LogP contribution in [0.5, 0.6) is 0 Å². The summed E-state index contributed by atoms with van der Waals surface area (Å²) in [5, 5.41) is 3.31. The number of carbonyl (C=O) groups excluding carboxylic acids is 2. The lowest BCUT2D eigenvalue weighted by Crippen LogP contribution is -2.23. The quantitative estimate of drug-likeness (QED) is 0.302. The molecule has 5 nitrogen and oxygen atoms in total. The fourth-order valence-electron chi connectivity index (χ4n) is 3.27. The number of ether oxygens (including phenoxy) is 1. The fourth-order valence-corrected chi connectivity index (χ4v) is 5.42. The smallest absolute Gasteiger partial charge is 0.341 e. The summed E-state index contributed by atoms with van der Waals surface area (Å²) >= 11 is 2.99. The molecule has 150 valence electrons. The maximum atomic E-state index is 12.8. The monoisotopic (exact) mass is 418 g/mol. The first-order valence-electron chi connectivity index (χ1n) is 9.64. The van der Waals surface area contributed by atoms with Gasteiger partial charge < -0.3 is 15.8 Å². The number of benzene rings is 1. The van der Waals surface area contributed by atoms with Gasteiger partial charge in [0.25, 0.3) is 0 Å². The summed E-state index contributed by atoms with van der Waals surface area (Å²) in [6, 6.07) is 7.45. The van der Waals surface area contributed by atoms with Gasteiger partial charge in [-0.15, -0.1) is 23.1 Å². The highest BCUT2D eigenvalue weighted by atomic mass is 32.2. The number of thiophene rings is 1. The number of nitrogen functional groups attached to an aromatic ring is 1. The largest absolute Gasteiger partial charge is 0.462 e. The molecule has 0 aliphatic heterocycles. The zero-order valence-corrected chi connectivity index (χ0v) is 17.9. The number of thioether (sulfide) groups is 1. The molecule has 1 amide bonds. The molecule has 0 spiro atoms. The molecular formula is C21H26N2O3S2. The molecular weight excluding hydrogens is 392 g/mol. The Kier molecular flexibility index (Phi) is 7.02. The SMILES string of the molecule is CCOC(=O)c1c(NC(=O)C(C)Sc2ccc(N)cc2)sc2c1CCCCC2. The second-order valence-electron chi connectivity index (χ2n) is 6.81. The van der Waals surface area contributed by atoms with Crippen molar-refractivity contribution in [2.45, 2.75) is 56.1 Å². The van der Waals surface area contributed by atoms with Crippen LogP contribution in [0.25, 0.3) is 0 Å². The van der Waals surface area contributed by atoms with Crippen molar-refractivity contribution in [3.8, 4) is 0 Å². The zero-order valence-electron chi connectivity index (χ0n) is 16.2. The molecule has 0 saturated carbocycles. The van der Waals surface area contributed by atoms with E-state index in [-0.39, 0.29) is 17.1 Å². The Morgan fingerprint density at radius 1 is 1.21 bits per heavy atom. The number of aryl methyl sites for hydroxylation is 1. The highest BCUT2D eigenvalue weighted by Crippen LogP contribution is 2.38. The number of nitrogens with one attached hydrogen (secondary N) is 1. The molecule has 1 aliphatic carbocycles. The minimum atomic E-state index is -0.337. The molecule has 3 N–H and O–H groups in total. The van der Waals surface area contributed by atoms with Gasteiger partial charge >= 0.3 is 5.97 Å². The van der Waals surface area contributed by atoms with Gasteiger partial charge in [0, 0.05) is 15.5 Å². The number of hydrogen-bond donors (Lipinski definition) is 2. The van der Waals surface area contributed by atoms with E-state index in [4.69, 9.17) is 10.5 Å². The molecule has 3 rings (SSSR count). The van der Waals surface area contributed by atoms with Crippen molar-refractivity contribution in [1.82, 2.24) is 0 Å². The van der Waals surface area contributed by atoms with E-state index in [2.05, 4.69) is 5.32 Å². The molecule has 7 heteroatoms. The summed E-state index contributed by atoms with van der Waals surface area (Å²) < 4.78 is 5.28. The van der Waals surface area contributed by atoms with Crippen molar-refractivity contribution in [3.05, 3.63) is 40.3 Å². The Labute approximate surface area is 174 Å². The minimum Gasteiger partial charge on any atom is -0.462 e. The van der Waals surface area contributed by atoms with Crippen molar-refractivity contribution < 1.29 is 14.3 Å². The van der Waals surface area contributed by atoms with E-state index < -0.39 is 0 Å². The van der Waals surface area contributed by atoms with Crippen LogP contribution in [0.2, 0.25) is 0 Å². The lowest BCUT2D eigenvalue weighted by Gasteiger charge is -2.13. The van der Waals surface area contributed by atoms with Gasteiger partial charge in [0.1, 0.15) is 5.00 Å². The number of hydrogen-bond acceptors (Lipinski definition) is 6. The van der Waals surface area contributed by atoms with E-state index in [0.29, 0.717) is 22.9 Å². The molecule has 1 aromatic carbocycles. The van der Waals surface area contributed by atoms with Crippen LogP contribution in [-0.4, -0.2) is 23.7 Å². The van der Waals surface area contributed by atoms with E-state index in [1.807, 2.05) is 31.2 Å². The van der Waals surface area contributed by atoms with Crippen molar-refractivity contribution in [2.75, 3.05) is 17.7 Å². The van der Waals surface area contributed by atoms with Gasteiger partial charge in [0.15, 0.2) is 0 Å². The van der Waals surface area contributed by atoms with Crippen molar-refractivity contribution in [2.24, 2.45) is 0 Å². The first-order valence-corrected chi connectivity index (χ1v) is 11.3. The maximum Gasteiger partial charge on any atom is 0.341 e. The van der Waals surface area contributed by atoms with Crippen molar-refractivity contribution in [3.63, 3.8) is 0 Å². The third-order valence-electron chi connectivity index (χ3n) is 4.70. The summed E-state index contributed by atoms with van der Waals surface area (Å²) in [5.41, 5.74) is 8.03. The van der Waals surface area contributed by atoms with Gasteiger partial charge in [-0.3, -0.25) is 4.79 Å². The van der Waals surface area contributed by atoms with Gasteiger partial charge in [-0.2, -0.15) is 0 Å². The average molecular weight is 419 g/mol. The lowest BCUT2D eigenvalue weighted by atomic mass is 10.1. The van der Waals surface area contributed by atoms with E-state index in [0.717, 1.165) is 36.1 Å². The number of amides is 1. The molecule has 0 saturated heterocycles. The molecule has 28 heavy (non-hydrogen) atoms. The van der Waals surface area contributed by atoms with Crippen LogP contribution in [0.15, 0.2) is 29.2 Å². The summed E-state index contributed by atoms with van der Waals surface area (Å²) in [4.78, 5) is 27.6. The zero-order chi connectivity index (χ0) is 20.1. The summed E-state index contributed by atoms with van der Waals surface area (Å²) in [6.45, 7) is 3.98. The summed E-state index contributed by atoms with van der Waals surface area (Å²) in [7, 11) is 0. The van der Waals surface area contributed by atoms with Crippen LogP contribution in [0.3, 0.4) is 0 Å². The third-order valence-corrected chi connectivity index (χ3v) is 7.02. The van der Waals surface area contributed by atoms with Crippen LogP contribution in [0, 0.1) is 0 Å². The second kappa shape index (κ2) is 9.47. The van der Waals surface area contributed by atoms with Crippen LogP contribution >= 0.6 is 23.1 Å². The highest BCUT2D eigenvalue weighted by Gasteiger charge is 2.27. The number of fused-ring (bicyclic) bond motifs is 1. The first-order chi connectivity index (χ1) is 13.5. The predicted octanol–water partition coefficient (Wildman–Crippen LogP) is 4.90. The Balaban J connectivity index is 1.79. The fraction of sp³-hybridized carbons (Fsp3) is 0.429. The Bertz CT molecular complexity index is 846. The van der Waals surface area contributed by atoms with E-state index in [1.54, 1.807) is 6.92 Å². The number of nitrogens with two attached hydrogens (primary N) is 1. The van der Waals surface area contributed by atoms with Gasteiger partial charge in [-0.1, -0.05) is 6.42 Å². The lowest BCUT2D eigenvalue weighted by molar-refractivity contribution is -0.115. The number of anilines is 2. The molecule has 1 atom stereocenters. The second-order valence-corrected chi connectivity index (χ2v) is 9.33. The first kappa shape index (κ1) is 20.7. The van der Waals surface area contributed by atoms with E-state index in [9.17, 15) is 9.59 Å². The molecule has 0 fully saturated rings.